The average Bonchev–Trinajstić information content (AvgIpc) is 2.80. The molecule has 176 valence electrons. The Labute approximate surface area is 206 Å². The highest BCUT2D eigenvalue weighted by molar-refractivity contribution is 14.0. The van der Waals surface area contributed by atoms with E-state index in [1.54, 1.807) is 19.2 Å². The lowest BCUT2D eigenvalue weighted by molar-refractivity contribution is 0.0954. The molecular formula is C23H33IN4O4. The molecule has 4 N–H and O–H groups in total. The molecule has 0 saturated heterocycles. The van der Waals surface area contributed by atoms with Gasteiger partial charge in [0.15, 0.2) is 5.96 Å². The largest absolute Gasteiger partial charge is 0.508 e. The van der Waals surface area contributed by atoms with Gasteiger partial charge in [-0.05, 0) is 55.3 Å². The summed E-state index contributed by atoms with van der Waals surface area (Å²) in [6, 6.07) is 13.9. The van der Waals surface area contributed by atoms with Gasteiger partial charge in [-0.25, -0.2) is 4.99 Å². The molecule has 0 aromatic heterocycles. The Balaban J connectivity index is 0.00000512. The van der Waals surface area contributed by atoms with Crippen molar-refractivity contribution in [3.05, 3.63) is 59.7 Å². The van der Waals surface area contributed by atoms with Crippen molar-refractivity contribution in [3.8, 4) is 11.5 Å². The Morgan fingerprint density at radius 2 is 1.62 bits per heavy atom. The molecule has 0 saturated carbocycles. The van der Waals surface area contributed by atoms with Crippen LogP contribution < -0.4 is 20.7 Å². The molecule has 0 fully saturated rings. The van der Waals surface area contributed by atoms with Crippen molar-refractivity contribution in [1.29, 1.82) is 0 Å². The number of aliphatic imine (C=N–C) groups is 1. The quantitative estimate of drug-likeness (QED) is 0.139. The van der Waals surface area contributed by atoms with Gasteiger partial charge in [-0.15, -0.1) is 24.0 Å². The average molecular weight is 556 g/mol. The normalized spacial score (nSPS) is 10.8. The summed E-state index contributed by atoms with van der Waals surface area (Å²) >= 11 is 0. The van der Waals surface area contributed by atoms with Crippen LogP contribution in [0.25, 0.3) is 0 Å². The minimum Gasteiger partial charge on any atom is -0.508 e. The molecule has 2 aromatic carbocycles. The van der Waals surface area contributed by atoms with Gasteiger partial charge in [-0.2, -0.15) is 0 Å². The minimum absolute atomic E-state index is 0. The van der Waals surface area contributed by atoms with Crippen LogP contribution in [0.15, 0.2) is 53.5 Å². The molecule has 0 unspecified atom stereocenters. The highest BCUT2D eigenvalue weighted by Gasteiger charge is 2.05. The lowest BCUT2D eigenvalue weighted by Gasteiger charge is -2.13. The third-order valence-corrected chi connectivity index (χ3v) is 4.37. The number of nitrogens with one attached hydrogen (secondary N) is 3. The summed E-state index contributed by atoms with van der Waals surface area (Å²) in [7, 11) is 1.64. The number of guanidine groups is 1. The van der Waals surface area contributed by atoms with Crippen molar-refractivity contribution in [1.82, 2.24) is 16.0 Å². The van der Waals surface area contributed by atoms with Crippen LogP contribution in [0.2, 0.25) is 0 Å². The number of hydrogen-bond donors (Lipinski definition) is 4. The molecule has 2 rings (SSSR count). The number of ether oxygens (including phenoxy) is 2. The van der Waals surface area contributed by atoms with E-state index >= 15 is 0 Å². The fourth-order valence-electron chi connectivity index (χ4n) is 2.67. The first-order valence-corrected chi connectivity index (χ1v) is 10.4. The third-order valence-electron chi connectivity index (χ3n) is 4.37. The molecule has 1 amide bonds. The molecule has 2 aromatic rings. The lowest BCUT2D eigenvalue weighted by Crippen LogP contribution is -2.42. The molecule has 8 nitrogen and oxygen atoms in total. The van der Waals surface area contributed by atoms with Crippen LogP contribution >= 0.6 is 24.0 Å². The number of halogens is 1. The summed E-state index contributed by atoms with van der Waals surface area (Å²) in [5, 5.41) is 18.7. The van der Waals surface area contributed by atoms with Gasteiger partial charge in [-0.1, -0.05) is 12.1 Å². The number of carbonyl (C=O) groups excluding carboxylic acids is 1. The number of amides is 1. The summed E-state index contributed by atoms with van der Waals surface area (Å²) < 4.78 is 10.5. The summed E-state index contributed by atoms with van der Waals surface area (Å²) in [5.74, 6) is 1.42. The monoisotopic (exact) mass is 556 g/mol. The number of hydrogen-bond acceptors (Lipinski definition) is 5. The van der Waals surface area contributed by atoms with Gasteiger partial charge < -0.3 is 30.5 Å². The van der Waals surface area contributed by atoms with Crippen molar-refractivity contribution in [2.24, 2.45) is 4.99 Å². The van der Waals surface area contributed by atoms with Crippen LogP contribution in [0.3, 0.4) is 0 Å². The number of phenolic OH excluding ortho intramolecular Hbond substituents is 1. The Morgan fingerprint density at radius 1 is 0.969 bits per heavy atom. The second-order valence-corrected chi connectivity index (χ2v) is 6.72. The number of nitrogens with zero attached hydrogens (tertiary/aromatic N) is 1. The van der Waals surface area contributed by atoms with Gasteiger partial charge in [-0.3, -0.25) is 4.79 Å². The molecule has 0 aliphatic carbocycles. The zero-order valence-electron chi connectivity index (χ0n) is 18.6. The van der Waals surface area contributed by atoms with E-state index in [1.807, 2.05) is 31.2 Å². The topological polar surface area (TPSA) is 104 Å². The maximum absolute atomic E-state index is 12.1. The Kier molecular flexibility index (Phi) is 13.9. The first-order chi connectivity index (χ1) is 15.1. The molecule has 0 bridgehead atoms. The SMILES string of the molecule is CCOCCCNC(=NCc1ccc(OC)cc1)NCCNC(=O)c1ccc(O)cc1.I. The minimum atomic E-state index is -0.191. The van der Waals surface area contributed by atoms with Crippen molar-refractivity contribution >= 4 is 35.8 Å². The number of methoxy groups -OCH3 is 1. The fraction of sp³-hybridized carbons (Fsp3) is 0.391. The van der Waals surface area contributed by atoms with Crippen LogP contribution in [-0.4, -0.2) is 56.9 Å². The zero-order valence-corrected chi connectivity index (χ0v) is 20.9. The van der Waals surface area contributed by atoms with Gasteiger partial charge in [0.2, 0.25) is 0 Å². The molecule has 0 aliphatic rings. The summed E-state index contributed by atoms with van der Waals surface area (Å²) in [4.78, 5) is 16.8. The summed E-state index contributed by atoms with van der Waals surface area (Å²) in [5.41, 5.74) is 1.57. The van der Waals surface area contributed by atoms with E-state index in [4.69, 9.17) is 9.47 Å². The molecule has 0 spiro atoms. The summed E-state index contributed by atoms with van der Waals surface area (Å²) in [6.45, 7) is 5.57. The Bertz CT molecular complexity index is 814. The zero-order chi connectivity index (χ0) is 22.3. The van der Waals surface area contributed by atoms with E-state index in [-0.39, 0.29) is 35.6 Å². The van der Waals surface area contributed by atoms with Gasteiger partial charge in [0.05, 0.1) is 13.7 Å². The number of rotatable bonds is 12. The number of benzene rings is 2. The smallest absolute Gasteiger partial charge is 0.251 e. The van der Waals surface area contributed by atoms with Gasteiger partial charge in [0, 0.05) is 38.4 Å². The first-order valence-electron chi connectivity index (χ1n) is 10.4. The van der Waals surface area contributed by atoms with Crippen LogP contribution in [0.5, 0.6) is 11.5 Å². The van der Waals surface area contributed by atoms with Crippen molar-refractivity contribution in [2.75, 3.05) is 40.0 Å². The van der Waals surface area contributed by atoms with Gasteiger partial charge in [0.1, 0.15) is 11.5 Å². The summed E-state index contributed by atoms with van der Waals surface area (Å²) in [6.07, 6.45) is 0.870. The van der Waals surface area contributed by atoms with Crippen LogP contribution in [0, 0.1) is 0 Å². The molecule has 0 atom stereocenters. The second kappa shape index (κ2) is 16.2. The van der Waals surface area contributed by atoms with Crippen molar-refractivity contribution in [3.63, 3.8) is 0 Å². The molecule has 9 heteroatoms. The van der Waals surface area contributed by atoms with Crippen molar-refractivity contribution < 1.29 is 19.4 Å². The van der Waals surface area contributed by atoms with E-state index in [2.05, 4.69) is 20.9 Å². The maximum atomic E-state index is 12.1. The van der Waals surface area contributed by atoms with Crippen LogP contribution in [0.4, 0.5) is 0 Å². The first kappa shape index (κ1) is 27.5. The molecular weight excluding hydrogens is 523 g/mol. The van der Waals surface area contributed by atoms with E-state index in [0.717, 1.165) is 24.3 Å². The highest BCUT2D eigenvalue weighted by atomic mass is 127. The standard InChI is InChI=1S/C23H32N4O4.HI/c1-3-31-16-4-13-25-23(27-17-18-5-11-21(30-2)12-6-18)26-15-14-24-22(29)19-7-9-20(28)10-8-19;/h5-12,28H,3-4,13-17H2,1-2H3,(H,24,29)(H2,25,26,27);1H. The Hall–Kier alpha value is -2.53. The number of aromatic hydroxyl groups is 1. The highest BCUT2D eigenvalue weighted by Crippen LogP contribution is 2.12. The molecule has 0 radical (unpaired) electrons. The van der Waals surface area contributed by atoms with Crippen LogP contribution in [-0.2, 0) is 11.3 Å². The van der Waals surface area contributed by atoms with Crippen molar-refractivity contribution in [2.45, 2.75) is 19.9 Å². The second-order valence-electron chi connectivity index (χ2n) is 6.72. The van der Waals surface area contributed by atoms with Gasteiger partial charge >= 0.3 is 0 Å². The van der Waals surface area contributed by atoms with E-state index in [9.17, 15) is 9.90 Å². The lowest BCUT2D eigenvalue weighted by atomic mass is 10.2. The Morgan fingerprint density at radius 3 is 2.28 bits per heavy atom. The molecule has 0 aliphatic heterocycles. The third kappa shape index (κ3) is 10.7. The predicted molar refractivity (Wildman–Crippen MR) is 137 cm³/mol. The molecule has 32 heavy (non-hydrogen) atoms. The fourth-order valence-corrected chi connectivity index (χ4v) is 2.67. The predicted octanol–water partition coefficient (Wildman–Crippen LogP) is 2.91. The van der Waals surface area contributed by atoms with E-state index in [1.165, 1.54) is 12.1 Å². The van der Waals surface area contributed by atoms with Crippen LogP contribution in [0.1, 0.15) is 29.3 Å². The van der Waals surface area contributed by atoms with Gasteiger partial charge in [0.25, 0.3) is 5.91 Å². The maximum Gasteiger partial charge on any atom is 0.251 e. The van der Waals surface area contributed by atoms with E-state index < -0.39 is 0 Å². The molecule has 0 heterocycles. The van der Waals surface area contributed by atoms with E-state index in [0.29, 0.717) is 44.4 Å². The number of carbonyl (C=O) groups is 1. The number of phenols is 1.